The molecule has 7 aromatic heterocycles. The summed E-state index contributed by atoms with van der Waals surface area (Å²) < 4.78 is 23.2. The van der Waals surface area contributed by atoms with Crippen LogP contribution in [0.15, 0.2) is 99.0 Å². The van der Waals surface area contributed by atoms with Gasteiger partial charge in [-0.25, -0.2) is 34.7 Å². The first-order chi connectivity index (χ1) is 60.7. The van der Waals surface area contributed by atoms with E-state index in [-0.39, 0.29) is 93.5 Å². The van der Waals surface area contributed by atoms with E-state index in [1.807, 2.05) is 128 Å². The van der Waals surface area contributed by atoms with Crippen LogP contribution in [0, 0.1) is 13.8 Å². The molecule has 9 aromatic rings. The maximum Gasteiger partial charge on any atom is 0.329 e. The Kier molecular flexibility index (Phi) is 37.9. The first-order valence-electron chi connectivity index (χ1n) is 41.3. The number of hydrogen-bond donors (Lipinski definition) is 7. The number of fused-ring (bicyclic) bond motifs is 4. The van der Waals surface area contributed by atoms with Crippen molar-refractivity contribution in [2.45, 2.75) is 193 Å². The van der Waals surface area contributed by atoms with Crippen LogP contribution in [0.4, 0.5) is 11.9 Å². The van der Waals surface area contributed by atoms with Gasteiger partial charge in [0.05, 0.1) is 98.5 Å². The number of benzene rings is 2. The van der Waals surface area contributed by atoms with E-state index in [2.05, 4.69) is 104 Å². The van der Waals surface area contributed by atoms with Gasteiger partial charge in [-0.3, -0.25) is 33.6 Å². The molecule has 6 amide bonds. The van der Waals surface area contributed by atoms with Crippen LogP contribution in [0.2, 0.25) is 25.5 Å². The van der Waals surface area contributed by atoms with Crippen molar-refractivity contribution < 1.29 is 67.5 Å². The molecule has 688 valence electrons. The molecule has 128 heavy (non-hydrogen) atoms. The SMILES string of the molecule is CC(Br)C(=O)OC(C)(C)C.CC(C(=O)OC(C)(C)C)N1CCc2sc(Br)cc2C1=O.Cc1cccc([C@@H](CO)NC(=O)[C@@H](C)N2CCc3sc(-c4nc(NC5CCOCC5)ncc4Cl)cc3C2=O)c1.Cc1cccc([C@@H](CO)NC(=O)[C@H](C)N2CCc3sc(-c4nc(NC5CCOCC5)ncc4Cl)cc3C2=O)c1.Clc1ncc(Cl)c(Cl)n1.O=C1NCCc2sc(Br)cc21. The molecule has 0 radical (unpaired) electrons. The van der Waals surface area contributed by atoms with Crippen LogP contribution in [0.25, 0.3) is 21.1 Å². The summed E-state index contributed by atoms with van der Waals surface area (Å²) in [6.45, 7) is 26.3. The van der Waals surface area contributed by atoms with Crippen LogP contribution in [-0.4, -0.2) is 214 Å². The molecule has 15 rings (SSSR count). The molecule has 7 N–H and O–H groups in total. The van der Waals surface area contributed by atoms with Gasteiger partial charge in [0.25, 0.3) is 23.6 Å². The zero-order valence-corrected chi connectivity index (χ0v) is 84.3. The van der Waals surface area contributed by atoms with E-state index in [1.54, 1.807) is 77.5 Å². The lowest BCUT2D eigenvalue weighted by Gasteiger charge is -2.32. The summed E-state index contributed by atoms with van der Waals surface area (Å²) in [5.74, 6) is -0.644. The van der Waals surface area contributed by atoms with Crippen molar-refractivity contribution in [3.63, 3.8) is 0 Å². The molecule has 40 heteroatoms. The number of hydrogen-bond acceptors (Lipinski definition) is 26. The Bertz CT molecular complexity index is 5230. The third-order valence-electron chi connectivity index (χ3n) is 20.5. The van der Waals surface area contributed by atoms with Crippen LogP contribution in [0.5, 0.6) is 0 Å². The number of amides is 6. The highest BCUT2D eigenvalue weighted by Gasteiger charge is 2.39. The summed E-state index contributed by atoms with van der Waals surface area (Å²) in [6, 6.07) is 20.0. The number of nitrogens with one attached hydrogen (secondary N) is 5. The first kappa shape index (κ1) is 103. The maximum atomic E-state index is 13.5. The van der Waals surface area contributed by atoms with Gasteiger partial charge in [-0.15, -0.1) is 45.3 Å². The lowest BCUT2D eigenvalue weighted by molar-refractivity contribution is -0.160. The summed E-state index contributed by atoms with van der Waals surface area (Å²) in [4.78, 5) is 135. The molecule has 6 aliphatic rings. The molecule has 2 unspecified atom stereocenters. The van der Waals surface area contributed by atoms with Crippen LogP contribution in [0.1, 0.15) is 190 Å². The number of esters is 2. The number of aliphatic hydroxyl groups excluding tert-OH is 2. The van der Waals surface area contributed by atoms with E-state index in [1.165, 1.54) is 33.7 Å². The molecule has 0 saturated carbocycles. The minimum absolute atomic E-state index is 0.0631. The summed E-state index contributed by atoms with van der Waals surface area (Å²) in [5.41, 5.74) is 6.62. The molecule has 2 fully saturated rings. The second-order valence-corrected chi connectivity index (χ2v) is 43.2. The molecule has 0 spiro atoms. The number of alkyl halides is 1. The molecule has 28 nitrogen and oxygen atoms in total. The Hall–Kier alpha value is -7.43. The molecule has 0 bridgehead atoms. The lowest BCUT2D eigenvalue weighted by Crippen LogP contribution is -2.51. The number of anilines is 2. The molecule has 2 saturated heterocycles. The number of halogens is 8. The van der Waals surface area contributed by atoms with E-state index in [0.29, 0.717) is 114 Å². The fourth-order valence-corrected chi connectivity index (χ4v) is 20.5. The van der Waals surface area contributed by atoms with Gasteiger partial charge >= 0.3 is 11.9 Å². The molecule has 6 aliphatic heterocycles. The Morgan fingerprint density at radius 2 is 0.922 bits per heavy atom. The van der Waals surface area contributed by atoms with Crippen molar-refractivity contribution in [1.82, 2.24) is 60.6 Å². The van der Waals surface area contributed by atoms with Gasteiger partial charge in [0.15, 0.2) is 5.15 Å². The molecule has 0 aliphatic carbocycles. The number of carbonyl (C=O) groups is 8. The van der Waals surface area contributed by atoms with E-state index < -0.39 is 35.8 Å². The Morgan fingerprint density at radius 3 is 1.30 bits per heavy atom. The maximum absolute atomic E-state index is 13.5. The largest absolute Gasteiger partial charge is 0.459 e. The third kappa shape index (κ3) is 28.8. The summed E-state index contributed by atoms with van der Waals surface area (Å²) >= 11 is 45.3. The molecule has 2 aromatic carbocycles. The fraction of sp³-hybridized carbons (Fsp3) is 0.455. The van der Waals surface area contributed by atoms with Gasteiger partial charge in [-0.2, -0.15) is 0 Å². The van der Waals surface area contributed by atoms with Gasteiger partial charge in [0.2, 0.25) is 29.0 Å². The number of ether oxygens (including phenoxy) is 4. The van der Waals surface area contributed by atoms with Crippen molar-refractivity contribution in [2.75, 3.05) is 76.5 Å². The predicted octanol–water partition coefficient (Wildman–Crippen LogP) is 17.6. The van der Waals surface area contributed by atoms with Crippen molar-refractivity contribution in [3.8, 4) is 21.1 Å². The Balaban J connectivity index is 0.000000176. The van der Waals surface area contributed by atoms with Crippen molar-refractivity contribution in [1.29, 1.82) is 0 Å². The minimum atomic E-state index is -0.703. The molecule has 6 atom stereocenters. The van der Waals surface area contributed by atoms with E-state index in [9.17, 15) is 48.6 Å². The zero-order valence-electron chi connectivity index (χ0n) is 72.5. The summed E-state index contributed by atoms with van der Waals surface area (Å²) in [7, 11) is 0. The Morgan fingerprint density at radius 1 is 0.531 bits per heavy atom. The normalized spacial score (nSPS) is 16.4. The number of nitrogens with zero attached hydrogens (tertiary/aromatic N) is 9. The second kappa shape index (κ2) is 47.3. The molecule has 13 heterocycles. The standard InChI is InChI=1S/2C28H32ClN5O4S.C14H18BrNO3S.C7H6BrNOS.C7H13BrO2.C4HCl3N2/c2*1-16-4-3-5-18(12-16)22(15-35)32-26(36)17(2)34-9-6-23-20(27(34)37)13-24(39-23)25-21(29)14-30-28(33-25)31-19-7-10-38-11-8-19;1-8(13(18)19-14(2,3)4)16-6-5-10-9(12(16)17)7-11(15)20-10;8-6-3-4-5(11-6)1-2-9-7(4)10;1-5(8)6(9)10-7(2,3)4;5-2-1-8-4(7)9-3(2)6/h2*3-5,12-14,17,19,22,35H,6-11,15H2,1-2H3,(H,32,36)(H,30,31,33);7-8H,5-6H2,1-4H3;3H,1-2H2,(H,9,10);5H,1-4H3;1H/t17-,22+;17-,22-;;;;/m01..../s1. The second-order valence-electron chi connectivity index (χ2n) is 32.6. The van der Waals surface area contributed by atoms with E-state index in [0.717, 1.165) is 105 Å². The first-order valence-corrected chi connectivity index (χ1v) is 49.0. The smallest absolute Gasteiger partial charge is 0.329 e. The van der Waals surface area contributed by atoms with Crippen LogP contribution in [-0.2, 0) is 63.8 Å². The van der Waals surface area contributed by atoms with Crippen molar-refractivity contribution in [3.05, 3.63) is 188 Å². The van der Waals surface area contributed by atoms with Gasteiger partial charge < -0.3 is 70.4 Å². The number of carbonyl (C=O) groups excluding carboxylic acids is 8. The van der Waals surface area contributed by atoms with Gasteiger partial charge in [0.1, 0.15) is 45.5 Å². The number of rotatable bonds is 19. The number of aromatic nitrogens is 6. The fourth-order valence-electron chi connectivity index (χ4n) is 13.9. The van der Waals surface area contributed by atoms with Gasteiger partial charge in [-0.05, 0) is 194 Å². The Labute approximate surface area is 810 Å². The molecular weight excluding hydrogens is 2020 g/mol. The van der Waals surface area contributed by atoms with Crippen LogP contribution < -0.4 is 26.6 Å². The van der Waals surface area contributed by atoms with E-state index >= 15 is 0 Å². The van der Waals surface area contributed by atoms with Gasteiger partial charge in [-0.1, -0.05) is 122 Å². The molecular formula is C88H102Br3Cl5N14O14S4. The van der Waals surface area contributed by atoms with Crippen molar-refractivity contribution in [2.24, 2.45) is 0 Å². The van der Waals surface area contributed by atoms with Crippen molar-refractivity contribution >= 4 is 210 Å². The highest BCUT2D eigenvalue weighted by atomic mass is 79.9. The van der Waals surface area contributed by atoms with Crippen LogP contribution in [0.3, 0.4) is 0 Å². The summed E-state index contributed by atoms with van der Waals surface area (Å²) in [6.07, 6.45) is 11.0. The highest BCUT2D eigenvalue weighted by Crippen LogP contribution is 2.41. The number of aryl methyl sites for hydroxylation is 2. The minimum Gasteiger partial charge on any atom is -0.459 e. The summed E-state index contributed by atoms with van der Waals surface area (Å²) in [5, 5.41) is 36.6. The monoisotopic (exact) mass is 2120 g/mol. The average Bonchev–Trinajstić information content (AvgIpc) is 1.63. The topological polar surface area (TPSA) is 361 Å². The predicted molar refractivity (Wildman–Crippen MR) is 514 cm³/mol. The zero-order chi connectivity index (χ0) is 93.2. The lowest BCUT2D eigenvalue weighted by atomic mass is 10.0. The highest BCUT2D eigenvalue weighted by molar-refractivity contribution is 9.11. The average molecular weight is 2130 g/mol. The number of aliphatic hydroxyl groups is 2. The quantitative estimate of drug-likeness (QED) is 0.0171. The van der Waals surface area contributed by atoms with Crippen LogP contribution >= 0.6 is 151 Å². The van der Waals surface area contributed by atoms with Gasteiger partial charge in [0, 0.05) is 103 Å². The number of thiophene rings is 4. The third-order valence-corrected chi connectivity index (χ3v) is 28.1. The van der Waals surface area contributed by atoms with E-state index in [4.69, 9.17) is 77.0 Å².